The van der Waals surface area contributed by atoms with Crippen LogP contribution in [0.2, 0.25) is 0 Å². The molecule has 7 nitrogen and oxygen atoms in total. The highest BCUT2D eigenvalue weighted by molar-refractivity contribution is 5.98. The molecule has 0 saturated heterocycles. The van der Waals surface area contributed by atoms with E-state index in [0.29, 0.717) is 36.6 Å². The first-order valence-corrected chi connectivity index (χ1v) is 8.82. The molecule has 1 aromatic carbocycles. The number of amides is 2. The standard InChI is InChI=1S/C20H25N3O4/c1-4-9-22-19(24)15-8-11-21-16(13-15)20(25)23-10-7-14-5-6-17(26-2)18(12-14)27-3/h5-6,8,11-13H,4,7,9-10H2,1-3H3,(H,22,24)(H,23,25). The second kappa shape index (κ2) is 10.2. The zero-order valence-corrected chi connectivity index (χ0v) is 15.9. The highest BCUT2D eigenvalue weighted by Gasteiger charge is 2.11. The van der Waals surface area contributed by atoms with Crippen molar-refractivity contribution in [3.63, 3.8) is 0 Å². The Bertz CT molecular complexity index is 793. The second-order valence-electron chi connectivity index (χ2n) is 5.88. The van der Waals surface area contributed by atoms with E-state index in [1.165, 1.54) is 12.3 Å². The summed E-state index contributed by atoms with van der Waals surface area (Å²) in [4.78, 5) is 28.3. The lowest BCUT2D eigenvalue weighted by molar-refractivity contribution is 0.0949. The van der Waals surface area contributed by atoms with Crippen LogP contribution < -0.4 is 20.1 Å². The molecule has 0 atom stereocenters. The Morgan fingerprint density at radius 3 is 2.41 bits per heavy atom. The van der Waals surface area contributed by atoms with Gasteiger partial charge in [-0.15, -0.1) is 0 Å². The van der Waals surface area contributed by atoms with Crippen molar-refractivity contribution in [1.82, 2.24) is 15.6 Å². The van der Waals surface area contributed by atoms with Gasteiger partial charge in [0.05, 0.1) is 14.2 Å². The molecule has 0 spiro atoms. The van der Waals surface area contributed by atoms with Gasteiger partial charge in [-0.2, -0.15) is 0 Å². The summed E-state index contributed by atoms with van der Waals surface area (Å²) in [6.07, 6.45) is 2.94. The van der Waals surface area contributed by atoms with Gasteiger partial charge in [0.1, 0.15) is 5.69 Å². The first kappa shape index (κ1) is 20.2. The normalized spacial score (nSPS) is 10.2. The summed E-state index contributed by atoms with van der Waals surface area (Å²) in [6, 6.07) is 8.71. The number of methoxy groups -OCH3 is 2. The summed E-state index contributed by atoms with van der Waals surface area (Å²) in [5.74, 6) is 0.778. The molecule has 27 heavy (non-hydrogen) atoms. The number of carbonyl (C=O) groups is 2. The zero-order valence-electron chi connectivity index (χ0n) is 15.9. The number of nitrogens with one attached hydrogen (secondary N) is 2. The van der Waals surface area contributed by atoms with Crippen molar-refractivity contribution in [3.8, 4) is 11.5 Å². The van der Waals surface area contributed by atoms with Crippen molar-refractivity contribution < 1.29 is 19.1 Å². The van der Waals surface area contributed by atoms with E-state index in [0.717, 1.165) is 12.0 Å². The highest BCUT2D eigenvalue weighted by Crippen LogP contribution is 2.27. The lowest BCUT2D eigenvalue weighted by Crippen LogP contribution is -2.28. The molecule has 0 fully saturated rings. The minimum Gasteiger partial charge on any atom is -0.493 e. The Labute approximate surface area is 159 Å². The number of rotatable bonds is 9. The Morgan fingerprint density at radius 2 is 1.70 bits per heavy atom. The minimum absolute atomic E-state index is 0.210. The fraction of sp³-hybridized carbons (Fsp3) is 0.350. The molecule has 7 heteroatoms. The predicted molar refractivity (Wildman–Crippen MR) is 102 cm³/mol. The molecule has 0 bridgehead atoms. The van der Waals surface area contributed by atoms with Crippen LogP contribution in [0.15, 0.2) is 36.5 Å². The maximum atomic E-state index is 12.3. The molecule has 0 aliphatic heterocycles. The third kappa shape index (κ3) is 5.70. The Hall–Kier alpha value is -3.09. The van der Waals surface area contributed by atoms with E-state index in [4.69, 9.17) is 9.47 Å². The van der Waals surface area contributed by atoms with E-state index in [1.807, 2.05) is 25.1 Å². The molecule has 1 aromatic heterocycles. The van der Waals surface area contributed by atoms with Crippen LogP contribution in [0.5, 0.6) is 11.5 Å². The SMILES string of the molecule is CCCNC(=O)c1ccnc(C(=O)NCCc2ccc(OC)c(OC)c2)c1. The van der Waals surface area contributed by atoms with Crippen molar-refractivity contribution in [2.75, 3.05) is 27.3 Å². The zero-order chi connectivity index (χ0) is 19.6. The van der Waals surface area contributed by atoms with Gasteiger partial charge in [-0.05, 0) is 42.7 Å². The van der Waals surface area contributed by atoms with Crippen molar-refractivity contribution in [1.29, 1.82) is 0 Å². The van der Waals surface area contributed by atoms with Crippen LogP contribution in [0.25, 0.3) is 0 Å². The number of aromatic nitrogens is 1. The monoisotopic (exact) mass is 371 g/mol. The molecule has 144 valence electrons. The van der Waals surface area contributed by atoms with E-state index in [2.05, 4.69) is 15.6 Å². The van der Waals surface area contributed by atoms with Crippen LogP contribution >= 0.6 is 0 Å². The molecule has 1 heterocycles. The van der Waals surface area contributed by atoms with E-state index >= 15 is 0 Å². The first-order chi connectivity index (χ1) is 13.1. The van der Waals surface area contributed by atoms with Gasteiger partial charge in [-0.3, -0.25) is 14.6 Å². The molecule has 0 aliphatic rings. The van der Waals surface area contributed by atoms with Crippen LogP contribution in [0.3, 0.4) is 0 Å². The highest BCUT2D eigenvalue weighted by atomic mass is 16.5. The minimum atomic E-state index is -0.319. The van der Waals surface area contributed by atoms with Gasteiger partial charge in [0.15, 0.2) is 11.5 Å². The number of benzene rings is 1. The van der Waals surface area contributed by atoms with Gasteiger partial charge in [0.25, 0.3) is 11.8 Å². The Morgan fingerprint density at radius 1 is 0.963 bits per heavy atom. The van der Waals surface area contributed by atoms with E-state index < -0.39 is 0 Å². The number of pyridine rings is 1. The van der Waals surface area contributed by atoms with Gasteiger partial charge in [-0.1, -0.05) is 13.0 Å². The van der Waals surface area contributed by atoms with Crippen LogP contribution in [0.1, 0.15) is 39.8 Å². The number of nitrogens with zero attached hydrogens (tertiary/aromatic N) is 1. The summed E-state index contributed by atoms with van der Waals surface area (Å²) >= 11 is 0. The third-order valence-corrected chi connectivity index (χ3v) is 3.94. The van der Waals surface area contributed by atoms with Crippen LogP contribution in [0, 0.1) is 0 Å². The van der Waals surface area contributed by atoms with E-state index in [1.54, 1.807) is 20.3 Å². The number of hydrogen-bond donors (Lipinski definition) is 2. The van der Waals surface area contributed by atoms with Gasteiger partial charge < -0.3 is 20.1 Å². The van der Waals surface area contributed by atoms with Crippen LogP contribution in [-0.2, 0) is 6.42 Å². The van der Waals surface area contributed by atoms with E-state index in [-0.39, 0.29) is 17.5 Å². The average Bonchev–Trinajstić information content (AvgIpc) is 2.71. The fourth-order valence-electron chi connectivity index (χ4n) is 2.48. The molecule has 0 radical (unpaired) electrons. The molecule has 0 aliphatic carbocycles. The predicted octanol–water partition coefficient (Wildman–Crippen LogP) is 2.21. The lowest BCUT2D eigenvalue weighted by atomic mass is 10.1. The number of hydrogen-bond acceptors (Lipinski definition) is 5. The van der Waals surface area contributed by atoms with Crippen LogP contribution in [-0.4, -0.2) is 44.1 Å². The van der Waals surface area contributed by atoms with Gasteiger partial charge >= 0.3 is 0 Å². The fourth-order valence-corrected chi connectivity index (χ4v) is 2.48. The molecule has 2 amide bonds. The van der Waals surface area contributed by atoms with Gasteiger partial charge in [-0.25, -0.2) is 0 Å². The lowest BCUT2D eigenvalue weighted by Gasteiger charge is -2.10. The quantitative estimate of drug-likeness (QED) is 0.705. The first-order valence-electron chi connectivity index (χ1n) is 8.82. The molecule has 2 rings (SSSR count). The molecule has 0 unspecified atom stereocenters. The molecule has 2 N–H and O–H groups in total. The Kier molecular flexibility index (Phi) is 7.61. The maximum absolute atomic E-state index is 12.3. The number of ether oxygens (including phenoxy) is 2. The van der Waals surface area contributed by atoms with Gasteiger partial charge in [0.2, 0.25) is 0 Å². The van der Waals surface area contributed by atoms with Crippen molar-refractivity contribution in [3.05, 3.63) is 53.3 Å². The summed E-state index contributed by atoms with van der Waals surface area (Å²) < 4.78 is 10.5. The summed E-state index contributed by atoms with van der Waals surface area (Å²) in [5, 5.41) is 5.60. The molecular weight excluding hydrogens is 346 g/mol. The maximum Gasteiger partial charge on any atom is 0.269 e. The summed E-state index contributed by atoms with van der Waals surface area (Å²) in [7, 11) is 3.17. The van der Waals surface area contributed by atoms with Crippen molar-refractivity contribution in [2.24, 2.45) is 0 Å². The second-order valence-corrected chi connectivity index (χ2v) is 5.88. The van der Waals surface area contributed by atoms with Gasteiger partial charge in [0, 0.05) is 24.8 Å². The topological polar surface area (TPSA) is 89.6 Å². The van der Waals surface area contributed by atoms with E-state index in [9.17, 15) is 9.59 Å². The summed E-state index contributed by atoms with van der Waals surface area (Å²) in [5.41, 5.74) is 1.64. The molecular formula is C20H25N3O4. The number of carbonyl (C=O) groups excluding carboxylic acids is 2. The van der Waals surface area contributed by atoms with Crippen molar-refractivity contribution >= 4 is 11.8 Å². The molecule has 2 aromatic rings. The van der Waals surface area contributed by atoms with Crippen molar-refractivity contribution in [2.45, 2.75) is 19.8 Å². The third-order valence-electron chi connectivity index (χ3n) is 3.94. The molecule has 0 saturated carbocycles. The largest absolute Gasteiger partial charge is 0.493 e. The van der Waals surface area contributed by atoms with Crippen LogP contribution in [0.4, 0.5) is 0 Å². The smallest absolute Gasteiger partial charge is 0.269 e. The average molecular weight is 371 g/mol. The summed E-state index contributed by atoms with van der Waals surface area (Å²) in [6.45, 7) is 3.00. The Balaban J connectivity index is 1.93.